The van der Waals surface area contributed by atoms with Crippen molar-refractivity contribution in [3.05, 3.63) is 23.5 Å². The van der Waals surface area contributed by atoms with E-state index in [0.29, 0.717) is 0 Å². The van der Waals surface area contributed by atoms with E-state index in [0.717, 1.165) is 23.5 Å². The molecule has 76 valence electrons. The lowest BCUT2D eigenvalue weighted by molar-refractivity contribution is 0.446. The van der Waals surface area contributed by atoms with Crippen molar-refractivity contribution in [3.63, 3.8) is 0 Å². The van der Waals surface area contributed by atoms with Gasteiger partial charge in [0.15, 0.2) is 4.96 Å². The lowest BCUT2D eigenvalue weighted by atomic mass is 9.95. The highest BCUT2D eigenvalue weighted by molar-refractivity contribution is 7.15. The molecule has 2 N–H and O–H groups in total. The molecule has 1 unspecified atom stereocenters. The monoisotopic (exact) mass is 209 g/mol. The fraction of sp³-hybridized carbons (Fsp3) is 0.500. The highest BCUT2D eigenvalue weighted by atomic mass is 32.1. The van der Waals surface area contributed by atoms with Gasteiger partial charge in [0.1, 0.15) is 0 Å². The zero-order valence-electron chi connectivity index (χ0n) is 8.53. The summed E-state index contributed by atoms with van der Waals surface area (Å²) in [6.07, 6.45) is 5.90. The number of hydrogen-bond donors (Lipinski definition) is 1. The first-order valence-electron chi connectivity index (χ1n) is 4.81. The number of nitrogens with two attached hydrogens (primary N) is 1. The van der Waals surface area contributed by atoms with Crippen LogP contribution in [-0.2, 0) is 6.42 Å². The molecule has 0 amide bonds. The van der Waals surface area contributed by atoms with Crippen molar-refractivity contribution < 1.29 is 0 Å². The predicted molar refractivity (Wildman–Crippen MR) is 59.7 cm³/mol. The Balaban J connectivity index is 2.23. The molecule has 4 heteroatoms. The van der Waals surface area contributed by atoms with Crippen molar-refractivity contribution in [3.8, 4) is 0 Å². The second-order valence-electron chi connectivity index (χ2n) is 4.01. The van der Waals surface area contributed by atoms with Gasteiger partial charge in [-0.3, -0.25) is 4.40 Å². The highest BCUT2D eigenvalue weighted by Gasteiger charge is 2.18. The number of rotatable bonds is 3. The van der Waals surface area contributed by atoms with Crippen LogP contribution in [0.3, 0.4) is 0 Å². The maximum Gasteiger partial charge on any atom is 0.193 e. The van der Waals surface area contributed by atoms with E-state index in [1.54, 1.807) is 11.3 Å². The molecule has 0 spiro atoms. The van der Waals surface area contributed by atoms with Crippen molar-refractivity contribution in [1.82, 2.24) is 9.38 Å². The molecule has 0 fully saturated rings. The number of aromatic nitrogens is 2. The third-order valence-corrected chi connectivity index (χ3v) is 3.31. The molecule has 2 rings (SSSR count). The molecule has 0 saturated heterocycles. The number of hydrogen-bond acceptors (Lipinski definition) is 3. The zero-order valence-corrected chi connectivity index (χ0v) is 9.34. The molecule has 1 atom stereocenters. The number of fused-ring (bicyclic) bond motifs is 1. The first-order valence-corrected chi connectivity index (χ1v) is 5.69. The summed E-state index contributed by atoms with van der Waals surface area (Å²) in [7, 11) is 0. The second-order valence-corrected chi connectivity index (χ2v) is 4.88. The van der Waals surface area contributed by atoms with Crippen molar-refractivity contribution in [1.29, 1.82) is 0 Å². The molecule has 3 nitrogen and oxygen atoms in total. The number of thiazole rings is 1. The third kappa shape index (κ3) is 1.81. The van der Waals surface area contributed by atoms with Gasteiger partial charge in [-0.05, 0) is 13.3 Å². The van der Waals surface area contributed by atoms with Gasteiger partial charge in [0.05, 0.1) is 5.69 Å². The lowest BCUT2D eigenvalue weighted by Gasteiger charge is -2.20. The lowest BCUT2D eigenvalue weighted by Crippen LogP contribution is -2.37. The van der Waals surface area contributed by atoms with Gasteiger partial charge in [0.25, 0.3) is 0 Å². The van der Waals surface area contributed by atoms with Crippen molar-refractivity contribution >= 4 is 16.3 Å². The summed E-state index contributed by atoms with van der Waals surface area (Å²) in [5, 5.41) is 2.04. The molecule has 0 bridgehead atoms. The summed E-state index contributed by atoms with van der Waals surface area (Å²) in [6.45, 7) is 4.18. The average molecular weight is 209 g/mol. The largest absolute Gasteiger partial charge is 0.325 e. The highest BCUT2D eigenvalue weighted by Crippen LogP contribution is 2.16. The second kappa shape index (κ2) is 3.37. The van der Waals surface area contributed by atoms with Gasteiger partial charge in [0, 0.05) is 29.7 Å². The molecule has 0 aliphatic heterocycles. The molecular formula is C10H15N3S. The van der Waals surface area contributed by atoms with Crippen molar-refractivity contribution in [2.45, 2.75) is 32.2 Å². The van der Waals surface area contributed by atoms with Crippen LogP contribution in [0.2, 0.25) is 0 Å². The first kappa shape index (κ1) is 9.68. The smallest absolute Gasteiger partial charge is 0.193 e. The molecule has 0 aliphatic carbocycles. The minimum absolute atomic E-state index is 0.135. The van der Waals surface area contributed by atoms with Gasteiger partial charge in [0.2, 0.25) is 0 Å². The predicted octanol–water partition coefficient (Wildman–Crippen LogP) is 2.07. The van der Waals surface area contributed by atoms with Crippen LogP contribution >= 0.6 is 11.3 Å². The summed E-state index contributed by atoms with van der Waals surface area (Å²) in [5.74, 6) is 0. The summed E-state index contributed by atoms with van der Waals surface area (Å²) < 4.78 is 2.05. The molecule has 14 heavy (non-hydrogen) atoms. The Labute approximate surface area is 87.6 Å². The third-order valence-electron chi connectivity index (χ3n) is 2.54. The minimum Gasteiger partial charge on any atom is -0.325 e. The summed E-state index contributed by atoms with van der Waals surface area (Å²) in [4.78, 5) is 5.56. The molecule has 0 radical (unpaired) electrons. The van der Waals surface area contributed by atoms with Crippen LogP contribution < -0.4 is 5.73 Å². The Hall–Kier alpha value is -0.870. The first-order chi connectivity index (χ1) is 6.61. The maximum absolute atomic E-state index is 6.09. The van der Waals surface area contributed by atoms with Crippen molar-refractivity contribution in [2.24, 2.45) is 5.73 Å². The van der Waals surface area contributed by atoms with Crippen LogP contribution in [0, 0.1) is 0 Å². The Morgan fingerprint density at radius 2 is 2.43 bits per heavy atom. The van der Waals surface area contributed by atoms with Crippen LogP contribution in [0.25, 0.3) is 4.96 Å². The van der Waals surface area contributed by atoms with E-state index in [1.165, 1.54) is 0 Å². The van der Waals surface area contributed by atoms with E-state index in [1.807, 2.05) is 16.0 Å². The minimum atomic E-state index is -0.135. The van der Waals surface area contributed by atoms with Gasteiger partial charge in [-0.1, -0.05) is 6.92 Å². The molecule has 0 aromatic carbocycles. The van der Waals surface area contributed by atoms with E-state index in [-0.39, 0.29) is 5.54 Å². The van der Waals surface area contributed by atoms with E-state index in [4.69, 9.17) is 5.73 Å². The van der Waals surface area contributed by atoms with E-state index in [2.05, 4.69) is 25.0 Å². The fourth-order valence-corrected chi connectivity index (χ4v) is 2.12. The molecular weight excluding hydrogens is 194 g/mol. The Kier molecular flexibility index (Phi) is 2.33. The van der Waals surface area contributed by atoms with Crippen LogP contribution in [0.15, 0.2) is 17.8 Å². The maximum atomic E-state index is 6.09. The molecule has 0 saturated carbocycles. The molecule has 0 aliphatic rings. The molecule has 2 aromatic heterocycles. The zero-order chi connectivity index (χ0) is 10.2. The number of nitrogens with zero attached hydrogens (tertiary/aromatic N) is 2. The quantitative estimate of drug-likeness (QED) is 0.841. The topological polar surface area (TPSA) is 43.3 Å². The van der Waals surface area contributed by atoms with E-state index >= 15 is 0 Å². The van der Waals surface area contributed by atoms with Crippen LogP contribution in [0.4, 0.5) is 0 Å². The summed E-state index contributed by atoms with van der Waals surface area (Å²) in [5.41, 5.74) is 7.04. The summed E-state index contributed by atoms with van der Waals surface area (Å²) in [6, 6.07) is 0. The van der Waals surface area contributed by atoms with Gasteiger partial charge in [-0.15, -0.1) is 11.3 Å². The van der Waals surface area contributed by atoms with E-state index < -0.39 is 0 Å². The normalized spacial score (nSPS) is 15.9. The average Bonchev–Trinajstić information content (AvgIpc) is 2.63. The van der Waals surface area contributed by atoms with Gasteiger partial charge < -0.3 is 5.73 Å². The Morgan fingerprint density at radius 1 is 1.64 bits per heavy atom. The number of imidazole rings is 1. The summed E-state index contributed by atoms with van der Waals surface area (Å²) >= 11 is 1.65. The standard InChI is InChI=1S/C10H15N3S/c1-3-10(2,11)6-8-7-13-4-5-14-9(13)12-8/h4-5,7H,3,6,11H2,1-2H3. The van der Waals surface area contributed by atoms with Crippen LogP contribution in [-0.4, -0.2) is 14.9 Å². The van der Waals surface area contributed by atoms with Crippen LogP contribution in [0.5, 0.6) is 0 Å². The van der Waals surface area contributed by atoms with Crippen LogP contribution in [0.1, 0.15) is 26.0 Å². The van der Waals surface area contributed by atoms with Crippen molar-refractivity contribution in [2.75, 3.05) is 0 Å². The van der Waals surface area contributed by atoms with Gasteiger partial charge in [-0.25, -0.2) is 4.98 Å². The Bertz CT molecular complexity index is 399. The Morgan fingerprint density at radius 3 is 3.07 bits per heavy atom. The molecule has 2 heterocycles. The van der Waals surface area contributed by atoms with Gasteiger partial charge in [-0.2, -0.15) is 0 Å². The van der Waals surface area contributed by atoms with Gasteiger partial charge >= 0.3 is 0 Å². The molecule has 2 aromatic rings. The van der Waals surface area contributed by atoms with E-state index in [9.17, 15) is 0 Å². The fourth-order valence-electron chi connectivity index (χ4n) is 1.40. The SMILES string of the molecule is CCC(C)(N)Cc1cn2ccsc2n1.